The zero-order valence-electron chi connectivity index (χ0n) is 10.0. The van der Waals surface area contributed by atoms with E-state index in [1.165, 1.54) is 12.8 Å². The van der Waals surface area contributed by atoms with Gasteiger partial charge in [-0.15, -0.1) is 0 Å². The van der Waals surface area contributed by atoms with Crippen molar-refractivity contribution in [3.8, 4) is 0 Å². The second-order valence-electron chi connectivity index (χ2n) is 4.49. The van der Waals surface area contributed by atoms with Gasteiger partial charge in [0.15, 0.2) is 0 Å². The summed E-state index contributed by atoms with van der Waals surface area (Å²) in [4.78, 5) is 12.2. The third-order valence-electron chi connectivity index (χ3n) is 3.06. The van der Waals surface area contributed by atoms with E-state index >= 15 is 0 Å². The molecule has 0 bridgehead atoms. The van der Waals surface area contributed by atoms with Crippen LogP contribution in [0, 0.1) is 0 Å². The fraction of sp³-hybridized carbons (Fsp3) is 0.462. The molecule has 0 saturated carbocycles. The van der Waals surface area contributed by atoms with E-state index in [2.05, 4.69) is 42.5 Å². The van der Waals surface area contributed by atoms with Crippen LogP contribution in [0.1, 0.15) is 29.6 Å². The molecule has 1 aliphatic rings. The van der Waals surface area contributed by atoms with E-state index in [-0.39, 0.29) is 11.9 Å². The first-order chi connectivity index (χ1) is 8.66. The predicted octanol–water partition coefficient (Wildman–Crippen LogP) is 3.08. The van der Waals surface area contributed by atoms with Crippen molar-refractivity contribution in [2.45, 2.75) is 25.3 Å². The predicted molar refractivity (Wildman–Crippen MR) is 79.8 cm³/mol. The minimum atomic E-state index is -0.0110. The van der Waals surface area contributed by atoms with Crippen molar-refractivity contribution in [3.63, 3.8) is 0 Å². The molecule has 1 aromatic rings. The molecule has 1 aromatic carbocycles. The maximum atomic E-state index is 12.2. The Kier molecular flexibility index (Phi) is 5.21. The van der Waals surface area contributed by atoms with Crippen LogP contribution in [0.4, 0.5) is 0 Å². The van der Waals surface area contributed by atoms with E-state index in [0.717, 1.165) is 28.5 Å². The fourth-order valence-corrected chi connectivity index (χ4v) is 3.31. The average molecular weight is 376 g/mol. The topological polar surface area (TPSA) is 41.1 Å². The molecule has 1 unspecified atom stereocenters. The maximum Gasteiger partial charge on any atom is 0.252 e. The number of hydrogen-bond donors (Lipinski definition) is 2. The van der Waals surface area contributed by atoms with E-state index in [4.69, 9.17) is 0 Å². The van der Waals surface area contributed by atoms with Gasteiger partial charge in [-0.05, 0) is 53.5 Å². The van der Waals surface area contributed by atoms with Gasteiger partial charge in [0.2, 0.25) is 0 Å². The van der Waals surface area contributed by atoms with E-state index in [1.807, 2.05) is 18.2 Å². The van der Waals surface area contributed by atoms with Crippen LogP contribution in [-0.2, 0) is 0 Å². The molecule has 0 aliphatic carbocycles. The molecular weight excluding hydrogens is 360 g/mol. The van der Waals surface area contributed by atoms with Gasteiger partial charge in [0.1, 0.15) is 0 Å². The van der Waals surface area contributed by atoms with Gasteiger partial charge < -0.3 is 10.6 Å². The Morgan fingerprint density at radius 2 is 2.17 bits per heavy atom. The highest BCUT2D eigenvalue weighted by Crippen LogP contribution is 2.22. The lowest BCUT2D eigenvalue weighted by atomic mass is 10.1. The van der Waals surface area contributed by atoms with Crippen molar-refractivity contribution < 1.29 is 4.79 Å². The van der Waals surface area contributed by atoms with E-state index in [9.17, 15) is 4.79 Å². The van der Waals surface area contributed by atoms with E-state index < -0.39 is 0 Å². The molecule has 1 aliphatic heterocycles. The summed E-state index contributed by atoms with van der Waals surface area (Å²) in [6, 6.07) is 5.83. The van der Waals surface area contributed by atoms with Crippen LogP contribution < -0.4 is 10.6 Å². The number of amides is 1. The van der Waals surface area contributed by atoms with Crippen molar-refractivity contribution >= 4 is 37.8 Å². The Morgan fingerprint density at radius 3 is 2.94 bits per heavy atom. The molecule has 98 valence electrons. The van der Waals surface area contributed by atoms with Crippen molar-refractivity contribution in [2.24, 2.45) is 0 Å². The molecule has 1 amide bonds. The highest BCUT2D eigenvalue weighted by atomic mass is 79.9. The maximum absolute atomic E-state index is 12.2. The van der Waals surface area contributed by atoms with Crippen LogP contribution in [0.3, 0.4) is 0 Å². The second kappa shape index (κ2) is 6.68. The molecule has 0 aromatic heterocycles. The Morgan fingerprint density at radius 1 is 1.33 bits per heavy atom. The molecule has 1 fully saturated rings. The smallest absolute Gasteiger partial charge is 0.252 e. The first-order valence-electron chi connectivity index (χ1n) is 6.13. The third-order valence-corrected chi connectivity index (χ3v) is 4.21. The highest BCUT2D eigenvalue weighted by molar-refractivity contribution is 9.11. The Hall–Kier alpha value is -0.390. The quantitative estimate of drug-likeness (QED) is 0.833. The minimum Gasteiger partial charge on any atom is -0.348 e. The van der Waals surface area contributed by atoms with E-state index in [0.29, 0.717) is 5.56 Å². The number of benzene rings is 1. The molecule has 1 heterocycles. The van der Waals surface area contributed by atoms with Gasteiger partial charge in [-0.3, -0.25) is 4.79 Å². The SMILES string of the molecule is O=C(NC1CCCCNC1)c1ccc(Br)cc1Br. The summed E-state index contributed by atoms with van der Waals surface area (Å²) >= 11 is 6.80. The summed E-state index contributed by atoms with van der Waals surface area (Å²) in [5, 5.41) is 6.43. The number of carbonyl (C=O) groups is 1. The van der Waals surface area contributed by atoms with Gasteiger partial charge in [-0.2, -0.15) is 0 Å². The number of carbonyl (C=O) groups excluding carboxylic acids is 1. The van der Waals surface area contributed by atoms with Crippen LogP contribution >= 0.6 is 31.9 Å². The van der Waals surface area contributed by atoms with Crippen molar-refractivity contribution in [1.82, 2.24) is 10.6 Å². The Bertz CT molecular complexity index is 429. The molecular formula is C13H16Br2N2O. The minimum absolute atomic E-state index is 0.0110. The lowest BCUT2D eigenvalue weighted by Gasteiger charge is -2.17. The molecule has 5 heteroatoms. The van der Waals surface area contributed by atoms with Crippen LogP contribution in [-0.4, -0.2) is 25.0 Å². The van der Waals surface area contributed by atoms with Gasteiger partial charge in [0.25, 0.3) is 5.91 Å². The Labute approximate surface area is 124 Å². The first kappa shape index (κ1) is 14.0. The summed E-state index contributed by atoms with van der Waals surface area (Å²) in [5.41, 5.74) is 0.683. The van der Waals surface area contributed by atoms with Gasteiger partial charge in [-0.1, -0.05) is 22.4 Å². The molecule has 3 nitrogen and oxygen atoms in total. The molecule has 1 atom stereocenters. The van der Waals surface area contributed by atoms with Crippen molar-refractivity contribution in [2.75, 3.05) is 13.1 Å². The normalized spacial score (nSPS) is 20.2. The average Bonchev–Trinajstić information content (AvgIpc) is 2.57. The number of rotatable bonds is 2. The van der Waals surface area contributed by atoms with Crippen LogP contribution in [0.5, 0.6) is 0 Å². The molecule has 2 rings (SSSR count). The summed E-state index contributed by atoms with van der Waals surface area (Å²) in [6.45, 7) is 1.91. The van der Waals surface area contributed by atoms with Gasteiger partial charge in [0, 0.05) is 21.5 Å². The van der Waals surface area contributed by atoms with Gasteiger partial charge in [0.05, 0.1) is 5.56 Å². The Balaban J connectivity index is 2.02. The van der Waals surface area contributed by atoms with Crippen molar-refractivity contribution in [1.29, 1.82) is 0 Å². The second-order valence-corrected chi connectivity index (χ2v) is 6.26. The van der Waals surface area contributed by atoms with Gasteiger partial charge >= 0.3 is 0 Å². The lowest BCUT2D eigenvalue weighted by molar-refractivity contribution is 0.0934. The number of halogens is 2. The number of hydrogen-bond acceptors (Lipinski definition) is 2. The summed E-state index contributed by atoms with van der Waals surface area (Å²) in [7, 11) is 0. The lowest BCUT2D eigenvalue weighted by Crippen LogP contribution is -2.40. The number of nitrogens with one attached hydrogen (secondary N) is 2. The van der Waals surface area contributed by atoms with Crippen LogP contribution in [0.2, 0.25) is 0 Å². The monoisotopic (exact) mass is 374 g/mol. The van der Waals surface area contributed by atoms with Crippen molar-refractivity contribution in [3.05, 3.63) is 32.7 Å². The highest BCUT2D eigenvalue weighted by Gasteiger charge is 2.17. The van der Waals surface area contributed by atoms with E-state index in [1.54, 1.807) is 0 Å². The zero-order valence-corrected chi connectivity index (χ0v) is 13.2. The summed E-state index contributed by atoms with van der Waals surface area (Å²) < 4.78 is 1.78. The molecule has 0 spiro atoms. The molecule has 18 heavy (non-hydrogen) atoms. The fourth-order valence-electron chi connectivity index (χ4n) is 2.08. The molecule has 1 saturated heterocycles. The largest absolute Gasteiger partial charge is 0.348 e. The van der Waals surface area contributed by atoms with Crippen LogP contribution in [0.25, 0.3) is 0 Å². The zero-order chi connectivity index (χ0) is 13.0. The summed E-state index contributed by atoms with van der Waals surface area (Å²) in [5.74, 6) is -0.0110. The standard InChI is InChI=1S/C13H16Br2N2O/c14-9-4-5-11(12(15)7-9)13(18)17-10-3-1-2-6-16-8-10/h4-5,7,10,16H,1-3,6,8H2,(H,17,18). The summed E-state index contributed by atoms with van der Waals surface area (Å²) in [6.07, 6.45) is 3.40. The molecule has 0 radical (unpaired) electrons. The van der Waals surface area contributed by atoms with Gasteiger partial charge in [-0.25, -0.2) is 0 Å². The first-order valence-corrected chi connectivity index (χ1v) is 7.72. The third kappa shape index (κ3) is 3.80. The van der Waals surface area contributed by atoms with Crippen LogP contribution in [0.15, 0.2) is 27.1 Å². The molecule has 2 N–H and O–H groups in total.